The van der Waals surface area contributed by atoms with Crippen molar-refractivity contribution in [2.45, 2.75) is 25.8 Å². The maximum Gasteiger partial charge on any atom is 0.270 e. The molecule has 2 saturated heterocycles. The number of carbonyl (C=O) groups excluding carboxylic acids is 2. The first-order chi connectivity index (χ1) is 6.24. The van der Waals surface area contributed by atoms with Gasteiger partial charge < -0.3 is 10.2 Å². The Morgan fingerprint density at radius 3 is 3.00 bits per heavy atom. The van der Waals surface area contributed by atoms with Gasteiger partial charge in [0.25, 0.3) is 5.91 Å². The topological polar surface area (TPSA) is 49.4 Å². The number of hydrogen-bond donors (Lipinski definition) is 1. The molecule has 2 amide bonds. The highest BCUT2D eigenvalue weighted by Crippen LogP contribution is 2.22. The van der Waals surface area contributed by atoms with Gasteiger partial charge in [-0.3, -0.25) is 9.59 Å². The third-order valence-corrected chi connectivity index (χ3v) is 2.59. The molecule has 2 fully saturated rings. The number of amides is 2. The molecule has 0 unspecified atom stereocenters. The van der Waals surface area contributed by atoms with Crippen LogP contribution in [0.4, 0.5) is 0 Å². The maximum absolute atomic E-state index is 11.6. The average molecular weight is 180 g/mol. The van der Waals surface area contributed by atoms with E-state index >= 15 is 0 Å². The van der Waals surface area contributed by atoms with E-state index in [4.69, 9.17) is 0 Å². The Balaban J connectivity index is 2.30. The first kappa shape index (κ1) is 8.29. The van der Waals surface area contributed by atoms with Gasteiger partial charge in [-0.25, -0.2) is 0 Å². The summed E-state index contributed by atoms with van der Waals surface area (Å²) in [5.41, 5.74) is 0.420. The number of piperazine rings is 1. The number of hydrogen-bond acceptors (Lipinski definition) is 2. The van der Waals surface area contributed by atoms with Crippen molar-refractivity contribution in [3.8, 4) is 0 Å². The lowest BCUT2D eigenvalue weighted by atomic mass is 10.1. The summed E-state index contributed by atoms with van der Waals surface area (Å²) in [5, 5.41) is 2.62. The zero-order valence-corrected chi connectivity index (χ0v) is 7.54. The van der Waals surface area contributed by atoms with Gasteiger partial charge in [0.1, 0.15) is 11.7 Å². The zero-order chi connectivity index (χ0) is 9.42. The highest BCUT2D eigenvalue weighted by Gasteiger charge is 2.39. The Labute approximate surface area is 76.6 Å². The van der Waals surface area contributed by atoms with Crippen molar-refractivity contribution in [3.63, 3.8) is 0 Å². The van der Waals surface area contributed by atoms with Crippen molar-refractivity contribution in [2.75, 3.05) is 6.54 Å². The van der Waals surface area contributed by atoms with E-state index in [0.717, 1.165) is 12.8 Å². The van der Waals surface area contributed by atoms with Crippen molar-refractivity contribution in [1.29, 1.82) is 0 Å². The van der Waals surface area contributed by atoms with E-state index in [0.29, 0.717) is 12.2 Å². The standard InChI is InChI=1S/C9H12N2O2/c1-2-6-9(13)11-5-3-4-7(11)8(12)10-6/h2,7H,3-5H2,1H3,(H,10,12)/b6-2-/t7-/m0/s1. The maximum atomic E-state index is 11.6. The fourth-order valence-electron chi connectivity index (χ4n) is 1.90. The highest BCUT2D eigenvalue weighted by molar-refractivity contribution is 6.04. The fourth-order valence-corrected chi connectivity index (χ4v) is 1.90. The molecule has 2 aliphatic heterocycles. The Kier molecular flexibility index (Phi) is 1.83. The first-order valence-electron chi connectivity index (χ1n) is 4.52. The fraction of sp³-hybridized carbons (Fsp3) is 0.556. The van der Waals surface area contributed by atoms with Crippen LogP contribution >= 0.6 is 0 Å². The number of allylic oxidation sites excluding steroid dienone is 1. The molecule has 13 heavy (non-hydrogen) atoms. The van der Waals surface area contributed by atoms with Crippen LogP contribution < -0.4 is 5.32 Å². The lowest BCUT2D eigenvalue weighted by molar-refractivity contribution is -0.140. The highest BCUT2D eigenvalue weighted by atomic mass is 16.2. The van der Waals surface area contributed by atoms with Gasteiger partial charge in [-0.15, -0.1) is 0 Å². The number of carbonyl (C=O) groups is 2. The monoisotopic (exact) mass is 180 g/mol. The molecular weight excluding hydrogens is 168 g/mol. The van der Waals surface area contributed by atoms with Crippen molar-refractivity contribution < 1.29 is 9.59 Å². The van der Waals surface area contributed by atoms with Crippen molar-refractivity contribution in [1.82, 2.24) is 10.2 Å². The largest absolute Gasteiger partial charge is 0.325 e. The second-order valence-corrected chi connectivity index (χ2v) is 3.35. The van der Waals surface area contributed by atoms with Crippen LogP contribution in [-0.4, -0.2) is 29.3 Å². The van der Waals surface area contributed by atoms with Crippen molar-refractivity contribution in [3.05, 3.63) is 11.8 Å². The van der Waals surface area contributed by atoms with E-state index in [1.165, 1.54) is 0 Å². The molecule has 70 valence electrons. The Bertz CT molecular complexity index is 296. The van der Waals surface area contributed by atoms with Crippen molar-refractivity contribution in [2.24, 2.45) is 0 Å². The Hall–Kier alpha value is -1.32. The SMILES string of the molecule is C/C=C1\NC(=O)[C@@H]2CCCN2C1=O. The summed E-state index contributed by atoms with van der Waals surface area (Å²) in [7, 11) is 0. The predicted octanol–water partition coefficient (Wildman–Crippen LogP) is 0.0110. The summed E-state index contributed by atoms with van der Waals surface area (Å²) in [6, 6.07) is -0.212. The van der Waals surface area contributed by atoms with E-state index in [-0.39, 0.29) is 17.9 Å². The van der Waals surface area contributed by atoms with Crippen LogP contribution in [0.2, 0.25) is 0 Å². The molecule has 0 radical (unpaired) electrons. The van der Waals surface area contributed by atoms with Gasteiger partial charge >= 0.3 is 0 Å². The van der Waals surface area contributed by atoms with E-state index in [2.05, 4.69) is 5.32 Å². The molecule has 0 bridgehead atoms. The summed E-state index contributed by atoms with van der Waals surface area (Å²) >= 11 is 0. The van der Waals surface area contributed by atoms with Gasteiger partial charge in [-0.1, -0.05) is 6.08 Å². The molecule has 0 spiro atoms. The quantitative estimate of drug-likeness (QED) is 0.534. The summed E-state index contributed by atoms with van der Waals surface area (Å²) in [5.74, 6) is -0.0743. The molecule has 4 nitrogen and oxygen atoms in total. The normalized spacial score (nSPS) is 30.7. The van der Waals surface area contributed by atoms with Crippen LogP contribution in [0.15, 0.2) is 11.8 Å². The minimum atomic E-state index is -0.212. The summed E-state index contributed by atoms with van der Waals surface area (Å²) in [6.45, 7) is 2.47. The first-order valence-corrected chi connectivity index (χ1v) is 4.52. The summed E-state index contributed by atoms with van der Waals surface area (Å²) in [4.78, 5) is 24.7. The van der Waals surface area contributed by atoms with Gasteiger partial charge in [0.15, 0.2) is 0 Å². The second kappa shape index (κ2) is 2.87. The lowest BCUT2D eigenvalue weighted by Gasteiger charge is -2.30. The summed E-state index contributed by atoms with van der Waals surface area (Å²) < 4.78 is 0. The lowest BCUT2D eigenvalue weighted by Crippen LogP contribution is -2.53. The minimum absolute atomic E-state index is 0.0369. The van der Waals surface area contributed by atoms with Gasteiger partial charge in [-0.2, -0.15) is 0 Å². The van der Waals surface area contributed by atoms with E-state index < -0.39 is 0 Å². The molecule has 0 aromatic carbocycles. The van der Waals surface area contributed by atoms with Crippen LogP contribution in [0.25, 0.3) is 0 Å². The molecular formula is C9H12N2O2. The van der Waals surface area contributed by atoms with Crippen LogP contribution in [0.3, 0.4) is 0 Å². The molecule has 0 aromatic heterocycles. The van der Waals surface area contributed by atoms with E-state index in [1.54, 1.807) is 17.9 Å². The second-order valence-electron chi connectivity index (χ2n) is 3.35. The Morgan fingerprint density at radius 2 is 2.31 bits per heavy atom. The summed E-state index contributed by atoms with van der Waals surface area (Å²) in [6.07, 6.45) is 3.38. The molecule has 0 aliphatic carbocycles. The molecule has 2 aliphatic rings. The number of fused-ring (bicyclic) bond motifs is 1. The third-order valence-electron chi connectivity index (χ3n) is 2.59. The number of nitrogens with one attached hydrogen (secondary N) is 1. The van der Waals surface area contributed by atoms with Crippen molar-refractivity contribution >= 4 is 11.8 Å². The van der Waals surface area contributed by atoms with Crippen LogP contribution in [0.5, 0.6) is 0 Å². The average Bonchev–Trinajstić information content (AvgIpc) is 2.60. The number of rotatable bonds is 0. The van der Waals surface area contributed by atoms with Gasteiger partial charge in [0.05, 0.1) is 0 Å². The molecule has 0 aromatic rings. The minimum Gasteiger partial charge on any atom is -0.325 e. The molecule has 1 N–H and O–H groups in total. The Morgan fingerprint density at radius 1 is 1.54 bits per heavy atom. The van der Waals surface area contributed by atoms with Gasteiger partial charge in [-0.05, 0) is 19.8 Å². The van der Waals surface area contributed by atoms with Gasteiger partial charge in [0.2, 0.25) is 5.91 Å². The smallest absolute Gasteiger partial charge is 0.270 e. The molecule has 1 atom stereocenters. The predicted molar refractivity (Wildman–Crippen MR) is 46.6 cm³/mol. The molecule has 4 heteroatoms. The van der Waals surface area contributed by atoms with Crippen LogP contribution in [0, 0.1) is 0 Å². The van der Waals surface area contributed by atoms with E-state index in [1.807, 2.05) is 0 Å². The van der Waals surface area contributed by atoms with Crippen LogP contribution in [-0.2, 0) is 9.59 Å². The van der Waals surface area contributed by atoms with Crippen LogP contribution in [0.1, 0.15) is 19.8 Å². The van der Waals surface area contributed by atoms with Gasteiger partial charge in [0, 0.05) is 6.54 Å². The molecule has 2 heterocycles. The van der Waals surface area contributed by atoms with E-state index in [9.17, 15) is 9.59 Å². The molecule has 2 rings (SSSR count). The number of nitrogens with zero attached hydrogens (tertiary/aromatic N) is 1. The zero-order valence-electron chi connectivity index (χ0n) is 7.54. The third kappa shape index (κ3) is 1.13. The molecule has 0 saturated carbocycles.